The number of halogens is 2. The van der Waals surface area contributed by atoms with Gasteiger partial charge < -0.3 is 15.7 Å². The molecule has 0 aliphatic heterocycles. The van der Waals surface area contributed by atoms with Crippen molar-refractivity contribution in [2.75, 3.05) is 10.6 Å². The molecular weight excluding hydrogens is 299 g/mol. The topological polar surface area (TPSA) is 78.4 Å². The van der Waals surface area contributed by atoms with Gasteiger partial charge in [0.2, 0.25) is 0 Å². The molecule has 2 aromatic carbocycles. The van der Waals surface area contributed by atoms with E-state index in [2.05, 4.69) is 10.6 Å². The number of carbonyl (C=O) groups is 2. The summed E-state index contributed by atoms with van der Waals surface area (Å²) >= 11 is 5.88. The molecule has 0 fully saturated rings. The summed E-state index contributed by atoms with van der Waals surface area (Å²) in [5, 5.41) is 13.8. The minimum absolute atomic E-state index is 0.135. The average molecular weight is 309 g/mol. The van der Waals surface area contributed by atoms with E-state index >= 15 is 0 Å². The van der Waals surface area contributed by atoms with Crippen LogP contribution >= 0.6 is 11.6 Å². The number of hydrogen-bond donors (Lipinski definition) is 3. The van der Waals surface area contributed by atoms with Gasteiger partial charge in [-0.05, 0) is 30.3 Å². The molecule has 0 radical (unpaired) electrons. The molecule has 0 unspecified atom stereocenters. The molecule has 2 aromatic rings. The van der Waals surface area contributed by atoms with Crippen molar-refractivity contribution in [3.05, 3.63) is 58.9 Å². The number of hydrogen-bond acceptors (Lipinski definition) is 2. The van der Waals surface area contributed by atoms with Crippen molar-refractivity contribution in [2.24, 2.45) is 0 Å². The van der Waals surface area contributed by atoms with Crippen LogP contribution in [-0.4, -0.2) is 17.1 Å². The summed E-state index contributed by atoms with van der Waals surface area (Å²) in [6, 6.07) is 9.07. The van der Waals surface area contributed by atoms with E-state index in [4.69, 9.17) is 16.7 Å². The number of carbonyl (C=O) groups excluding carboxylic acids is 1. The Morgan fingerprint density at radius 2 is 1.71 bits per heavy atom. The molecule has 108 valence electrons. The van der Waals surface area contributed by atoms with E-state index in [9.17, 15) is 14.0 Å². The van der Waals surface area contributed by atoms with Gasteiger partial charge in [0.15, 0.2) is 0 Å². The number of amides is 2. The molecule has 0 heterocycles. The summed E-state index contributed by atoms with van der Waals surface area (Å²) in [7, 11) is 0. The third kappa shape index (κ3) is 3.70. The molecule has 2 amide bonds. The number of nitrogens with one attached hydrogen (secondary N) is 2. The van der Waals surface area contributed by atoms with E-state index in [1.165, 1.54) is 12.1 Å². The quantitative estimate of drug-likeness (QED) is 0.806. The lowest BCUT2D eigenvalue weighted by Gasteiger charge is -2.09. The summed E-state index contributed by atoms with van der Waals surface area (Å²) < 4.78 is 13.7. The smallest absolute Gasteiger partial charge is 0.335 e. The third-order valence-electron chi connectivity index (χ3n) is 2.59. The molecule has 3 N–H and O–H groups in total. The second-order valence-electron chi connectivity index (χ2n) is 4.06. The van der Waals surface area contributed by atoms with Crippen molar-refractivity contribution >= 4 is 35.0 Å². The van der Waals surface area contributed by atoms with Gasteiger partial charge in [0.05, 0.1) is 22.0 Å². The maximum absolute atomic E-state index is 13.7. The van der Waals surface area contributed by atoms with E-state index in [-0.39, 0.29) is 11.3 Å². The highest BCUT2D eigenvalue weighted by Gasteiger charge is 2.11. The van der Waals surface area contributed by atoms with Crippen LogP contribution in [0.25, 0.3) is 0 Å². The van der Waals surface area contributed by atoms with Crippen molar-refractivity contribution in [3.63, 3.8) is 0 Å². The van der Waals surface area contributed by atoms with Crippen LogP contribution in [0.15, 0.2) is 42.5 Å². The molecule has 21 heavy (non-hydrogen) atoms. The highest BCUT2D eigenvalue weighted by molar-refractivity contribution is 6.33. The summed E-state index contributed by atoms with van der Waals surface area (Å²) in [6.45, 7) is 0. The van der Waals surface area contributed by atoms with Crippen LogP contribution in [0.5, 0.6) is 0 Å². The van der Waals surface area contributed by atoms with Crippen molar-refractivity contribution in [2.45, 2.75) is 0 Å². The number of anilines is 2. The fourth-order valence-electron chi connectivity index (χ4n) is 1.59. The Balaban J connectivity index is 2.10. The van der Waals surface area contributed by atoms with E-state index in [0.29, 0.717) is 10.7 Å². The molecule has 7 heteroatoms. The highest BCUT2D eigenvalue weighted by Crippen LogP contribution is 2.21. The number of para-hydroxylation sites is 1. The molecule has 0 saturated carbocycles. The number of carboxylic acid groups (broad SMARTS) is 1. The van der Waals surface area contributed by atoms with Crippen LogP contribution in [0.2, 0.25) is 5.02 Å². The lowest BCUT2D eigenvalue weighted by Crippen LogP contribution is -2.20. The normalized spacial score (nSPS) is 10.0. The van der Waals surface area contributed by atoms with Gasteiger partial charge in [-0.3, -0.25) is 0 Å². The maximum Gasteiger partial charge on any atom is 0.335 e. The fourth-order valence-corrected chi connectivity index (χ4v) is 1.77. The summed E-state index contributed by atoms with van der Waals surface area (Å²) in [5.74, 6) is -2.09. The molecular formula is C14H10ClFN2O3. The van der Waals surface area contributed by atoms with Crippen molar-refractivity contribution < 1.29 is 19.1 Å². The largest absolute Gasteiger partial charge is 0.478 e. The Bertz CT molecular complexity index is 706. The van der Waals surface area contributed by atoms with Crippen LogP contribution in [0.1, 0.15) is 10.4 Å². The van der Waals surface area contributed by atoms with Gasteiger partial charge in [0, 0.05) is 0 Å². The molecule has 0 atom stereocenters. The number of carboxylic acids is 1. The second kappa shape index (κ2) is 6.23. The Morgan fingerprint density at radius 3 is 2.33 bits per heavy atom. The van der Waals surface area contributed by atoms with Crippen LogP contribution in [0.3, 0.4) is 0 Å². The van der Waals surface area contributed by atoms with Crippen LogP contribution in [0.4, 0.5) is 20.6 Å². The first kappa shape index (κ1) is 14.8. The first-order valence-electron chi connectivity index (χ1n) is 5.83. The van der Waals surface area contributed by atoms with Gasteiger partial charge in [0.1, 0.15) is 5.82 Å². The van der Waals surface area contributed by atoms with Crippen LogP contribution < -0.4 is 10.6 Å². The number of rotatable bonds is 3. The fraction of sp³-hybridized carbons (Fsp3) is 0. The first-order chi connectivity index (χ1) is 9.97. The van der Waals surface area contributed by atoms with Gasteiger partial charge in [-0.25, -0.2) is 14.0 Å². The zero-order chi connectivity index (χ0) is 15.4. The molecule has 0 aliphatic carbocycles. The van der Waals surface area contributed by atoms with Crippen molar-refractivity contribution in [1.82, 2.24) is 0 Å². The zero-order valence-corrected chi connectivity index (χ0v) is 11.3. The summed E-state index contributed by atoms with van der Waals surface area (Å²) in [6.07, 6.45) is 0. The Morgan fingerprint density at radius 1 is 1.05 bits per heavy atom. The lowest BCUT2D eigenvalue weighted by atomic mass is 10.2. The van der Waals surface area contributed by atoms with Crippen LogP contribution in [0, 0.1) is 5.82 Å². The second-order valence-corrected chi connectivity index (χ2v) is 4.47. The summed E-state index contributed by atoms with van der Waals surface area (Å²) in [5.41, 5.74) is 0.0355. The van der Waals surface area contributed by atoms with Gasteiger partial charge in [-0.15, -0.1) is 0 Å². The van der Waals surface area contributed by atoms with Crippen LogP contribution in [-0.2, 0) is 0 Å². The third-order valence-corrected chi connectivity index (χ3v) is 2.92. The van der Waals surface area contributed by atoms with Gasteiger partial charge >= 0.3 is 12.0 Å². The molecule has 0 spiro atoms. The minimum atomic E-state index is -1.25. The van der Waals surface area contributed by atoms with Gasteiger partial charge in [-0.2, -0.15) is 0 Å². The van der Waals surface area contributed by atoms with E-state index in [0.717, 1.165) is 6.07 Å². The van der Waals surface area contributed by atoms with E-state index < -0.39 is 17.8 Å². The molecule has 0 aromatic heterocycles. The molecule has 5 nitrogen and oxygen atoms in total. The standard InChI is InChI=1S/C14H10ClFN2O3/c15-9-3-1-2-4-11(9)17-14(21)18-12-6-5-8(13(19)20)7-10(12)16/h1-7H,(H,19,20)(H2,17,18,21). The number of aromatic carboxylic acids is 1. The monoisotopic (exact) mass is 308 g/mol. The Labute approximate surface area is 124 Å². The molecule has 2 rings (SSSR count). The summed E-state index contributed by atoms with van der Waals surface area (Å²) in [4.78, 5) is 22.4. The van der Waals surface area contributed by atoms with Crippen molar-refractivity contribution in [1.29, 1.82) is 0 Å². The molecule has 0 saturated heterocycles. The first-order valence-corrected chi connectivity index (χ1v) is 6.20. The van der Waals surface area contributed by atoms with E-state index in [1.807, 2.05) is 0 Å². The van der Waals surface area contributed by atoms with Gasteiger partial charge in [-0.1, -0.05) is 23.7 Å². The maximum atomic E-state index is 13.7. The average Bonchev–Trinajstić information content (AvgIpc) is 2.43. The number of benzene rings is 2. The predicted molar refractivity (Wildman–Crippen MR) is 77.5 cm³/mol. The Kier molecular flexibility index (Phi) is 4.39. The predicted octanol–water partition coefficient (Wildman–Crippen LogP) is 3.82. The van der Waals surface area contributed by atoms with E-state index in [1.54, 1.807) is 24.3 Å². The van der Waals surface area contributed by atoms with Crippen molar-refractivity contribution in [3.8, 4) is 0 Å². The highest BCUT2D eigenvalue weighted by atomic mass is 35.5. The lowest BCUT2D eigenvalue weighted by molar-refractivity contribution is 0.0696. The number of urea groups is 1. The SMILES string of the molecule is O=C(Nc1ccc(C(=O)O)cc1F)Nc1ccccc1Cl. The molecule has 0 aliphatic rings. The Hall–Kier alpha value is -2.60. The minimum Gasteiger partial charge on any atom is -0.478 e. The molecule has 0 bridgehead atoms. The zero-order valence-electron chi connectivity index (χ0n) is 10.6. The van der Waals surface area contributed by atoms with Gasteiger partial charge in [0.25, 0.3) is 0 Å².